The highest BCUT2D eigenvalue weighted by Crippen LogP contribution is 2.66. The van der Waals surface area contributed by atoms with Gasteiger partial charge in [0.25, 0.3) is 0 Å². The first-order valence-corrected chi connectivity index (χ1v) is 15.9. The molecule has 4 aliphatic rings. The first-order chi connectivity index (χ1) is 17.8. The minimum atomic E-state index is 0.257. The van der Waals surface area contributed by atoms with Crippen molar-refractivity contribution in [3.05, 3.63) is 0 Å². The average molecular weight is 517 g/mol. The Morgan fingerprint density at radius 1 is 0.865 bits per heavy atom. The van der Waals surface area contributed by atoms with E-state index in [-0.39, 0.29) is 5.91 Å². The normalized spacial score (nSPS) is 37.1. The minimum absolute atomic E-state index is 0.257. The second-order valence-corrected chi connectivity index (χ2v) is 13.8. The van der Waals surface area contributed by atoms with Gasteiger partial charge >= 0.3 is 0 Å². The average Bonchev–Trinajstić information content (AvgIpc) is 3.22. The van der Waals surface area contributed by atoms with Gasteiger partial charge in [0, 0.05) is 39.1 Å². The molecule has 5 nitrogen and oxygen atoms in total. The number of aliphatic hydroxyl groups is 1. The van der Waals surface area contributed by atoms with E-state index in [1.54, 1.807) is 0 Å². The van der Waals surface area contributed by atoms with Gasteiger partial charge in [-0.3, -0.25) is 9.59 Å². The van der Waals surface area contributed by atoms with Crippen LogP contribution in [-0.2, 0) is 9.59 Å². The molecule has 0 spiro atoms. The van der Waals surface area contributed by atoms with Crippen molar-refractivity contribution in [2.45, 2.75) is 135 Å². The summed E-state index contributed by atoms with van der Waals surface area (Å²) in [5.74, 6) is 3.58. The van der Waals surface area contributed by atoms with Crippen LogP contribution in [-0.4, -0.2) is 48.1 Å². The van der Waals surface area contributed by atoms with E-state index in [0.717, 1.165) is 62.8 Å². The summed E-state index contributed by atoms with van der Waals surface area (Å²) < 4.78 is 0. The third-order valence-electron chi connectivity index (χ3n) is 11.9. The quantitative estimate of drug-likeness (QED) is 0.275. The summed E-state index contributed by atoms with van der Waals surface area (Å²) in [5.41, 5.74) is 0.657. The fourth-order valence-electron chi connectivity index (χ4n) is 9.55. The van der Waals surface area contributed by atoms with Gasteiger partial charge in [0.2, 0.25) is 11.8 Å². The number of rotatable bonds is 13. The van der Waals surface area contributed by atoms with E-state index in [1.807, 2.05) is 0 Å². The number of nitrogens with one attached hydrogen (secondary N) is 1. The number of fused-ring (bicyclic) bond motifs is 5. The Kier molecular flexibility index (Phi) is 10.0. The summed E-state index contributed by atoms with van der Waals surface area (Å²) in [6.07, 6.45) is 20.7. The molecule has 212 valence electrons. The number of unbranched alkanes of at least 4 members (excludes halogenated alkanes) is 8. The molecule has 1 heterocycles. The minimum Gasteiger partial charge on any atom is -0.396 e. The topological polar surface area (TPSA) is 69.6 Å². The maximum absolute atomic E-state index is 12.6. The van der Waals surface area contributed by atoms with E-state index in [9.17, 15) is 9.59 Å². The standard InChI is InChI=1S/C32H56N2O3/c1-31-20-18-27-25(15-17-28-32(27,2)21-19-30(37)34(28)3)26(31)16-14-24(31)23-33-29(36)13-11-9-7-5-4-6-8-10-12-22-35/h24-28,35H,4-23H2,1-3H3,(H,33,36)/t24?,25-,26-,27+,28?,31+,32+/m0/s1. The van der Waals surface area contributed by atoms with E-state index >= 15 is 0 Å². The molecule has 5 heteroatoms. The highest BCUT2D eigenvalue weighted by molar-refractivity contribution is 5.77. The van der Waals surface area contributed by atoms with Crippen LogP contribution >= 0.6 is 0 Å². The zero-order valence-corrected chi connectivity index (χ0v) is 24.2. The van der Waals surface area contributed by atoms with Crippen LogP contribution in [0.3, 0.4) is 0 Å². The van der Waals surface area contributed by atoms with Crippen LogP contribution in [0.15, 0.2) is 0 Å². The van der Waals surface area contributed by atoms with Crippen LogP contribution in [0.2, 0.25) is 0 Å². The zero-order chi connectivity index (χ0) is 26.5. The molecule has 0 aromatic heterocycles. The number of carbonyl (C=O) groups excluding carboxylic acids is 2. The molecule has 0 aromatic carbocycles. The van der Waals surface area contributed by atoms with Gasteiger partial charge in [-0.15, -0.1) is 0 Å². The third-order valence-corrected chi connectivity index (χ3v) is 11.9. The maximum Gasteiger partial charge on any atom is 0.222 e. The summed E-state index contributed by atoms with van der Waals surface area (Å²) in [6.45, 7) is 6.25. The molecule has 3 saturated carbocycles. The van der Waals surface area contributed by atoms with Crippen molar-refractivity contribution < 1.29 is 14.7 Å². The first-order valence-electron chi connectivity index (χ1n) is 15.9. The number of aliphatic hydroxyl groups excluding tert-OH is 1. The van der Waals surface area contributed by atoms with E-state index in [0.29, 0.717) is 41.7 Å². The molecular formula is C32H56N2O3. The Bertz CT molecular complexity index is 771. The Hall–Kier alpha value is -1.10. The van der Waals surface area contributed by atoms with Crippen molar-refractivity contribution in [2.75, 3.05) is 20.2 Å². The molecule has 4 rings (SSSR count). The van der Waals surface area contributed by atoms with Crippen LogP contribution < -0.4 is 5.32 Å². The monoisotopic (exact) mass is 516 g/mol. The molecule has 1 saturated heterocycles. The third kappa shape index (κ3) is 6.23. The van der Waals surface area contributed by atoms with Gasteiger partial charge in [-0.2, -0.15) is 0 Å². The van der Waals surface area contributed by atoms with Gasteiger partial charge in [0.1, 0.15) is 0 Å². The van der Waals surface area contributed by atoms with Crippen LogP contribution in [0.4, 0.5) is 0 Å². The first kappa shape index (κ1) is 28.9. The van der Waals surface area contributed by atoms with Crippen molar-refractivity contribution in [3.8, 4) is 0 Å². The number of carbonyl (C=O) groups is 2. The van der Waals surface area contributed by atoms with Crippen LogP contribution in [0.25, 0.3) is 0 Å². The van der Waals surface area contributed by atoms with Gasteiger partial charge in [0.15, 0.2) is 0 Å². The van der Waals surface area contributed by atoms with Crippen LogP contribution in [0.5, 0.6) is 0 Å². The molecule has 1 aliphatic heterocycles. The molecule has 0 radical (unpaired) electrons. The lowest BCUT2D eigenvalue weighted by molar-refractivity contribution is -0.158. The lowest BCUT2D eigenvalue weighted by Crippen LogP contribution is -2.61. The summed E-state index contributed by atoms with van der Waals surface area (Å²) in [5, 5.41) is 12.2. The number of hydrogen-bond acceptors (Lipinski definition) is 3. The smallest absolute Gasteiger partial charge is 0.222 e. The summed E-state index contributed by atoms with van der Waals surface area (Å²) in [6, 6.07) is 0.438. The van der Waals surface area contributed by atoms with Crippen molar-refractivity contribution >= 4 is 11.8 Å². The molecule has 7 atom stereocenters. The highest BCUT2D eigenvalue weighted by atomic mass is 16.3. The second-order valence-electron chi connectivity index (χ2n) is 13.8. The number of hydrogen-bond donors (Lipinski definition) is 2. The lowest BCUT2D eigenvalue weighted by atomic mass is 9.47. The van der Waals surface area contributed by atoms with E-state index in [4.69, 9.17) is 5.11 Å². The largest absolute Gasteiger partial charge is 0.396 e. The number of nitrogens with zero attached hydrogens (tertiary/aromatic N) is 1. The SMILES string of the molecule is CN1C(=O)CC[C@@]2(C)C1CC[C@@H]1[C@H]2CC[C@]2(C)C(CNC(=O)CCCCCCCCCCCO)CC[C@@H]12. The molecule has 3 aliphatic carbocycles. The summed E-state index contributed by atoms with van der Waals surface area (Å²) in [4.78, 5) is 27.1. The maximum atomic E-state index is 12.6. The predicted octanol–water partition coefficient (Wildman–Crippen LogP) is 6.48. The van der Waals surface area contributed by atoms with E-state index < -0.39 is 0 Å². The molecule has 4 fully saturated rings. The molecule has 2 amide bonds. The van der Waals surface area contributed by atoms with Crippen molar-refractivity contribution in [1.82, 2.24) is 10.2 Å². The Labute approximate surface area is 226 Å². The van der Waals surface area contributed by atoms with Gasteiger partial charge in [0.05, 0.1) is 0 Å². The molecule has 37 heavy (non-hydrogen) atoms. The number of likely N-dealkylation sites (tertiary alicyclic amines) is 1. The Balaban J connectivity index is 1.18. The molecule has 2 N–H and O–H groups in total. The Morgan fingerprint density at radius 3 is 2.22 bits per heavy atom. The van der Waals surface area contributed by atoms with Gasteiger partial charge in [-0.1, -0.05) is 58.8 Å². The fraction of sp³-hybridized carbons (Fsp3) is 0.938. The number of amides is 2. The van der Waals surface area contributed by atoms with Gasteiger partial charge < -0.3 is 15.3 Å². The van der Waals surface area contributed by atoms with Crippen molar-refractivity contribution in [2.24, 2.45) is 34.5 Å². The zero-order valence-electron chi connectivity index (χ0n) is 24.2. The van der Waals surface area contributed by atoms with Crippen LogP contribution in [0, 0.1) is 34.5 Å². The second kappa shape index (κ2) is 12.8. The predicted molar refractivity (Wildman–Crippen MR) is 150 cm³/mol. The molecule has 2 unspecified atom stereocenters. The Morgan fingerprint density at radius 2 is 1.51 bits per heavy atom. The van der Waals surface area contributed by atoms with Gasteiger partial charge in [-0.05, 0) is 92.3 Å². The lowest BCUT2D eigenvalue weighted by Gasteiger charge is -2.61. The molecule has 0 aromatic rings. The van der Waals surface area contributed by atoms with Crippen molar-refractivity contribution in [3.63, 3.8) is 0 Å². The van der Waals surface area contributed by atoms with Crippen LogP contribution in [0.1, 0.15) is 129 Å². The fourth-order valence-corrected chi connectivity index (χ4v) is 9.55. The van der Waals surface area contributed by atoms with E-state index in [1.165, 1.54) is 70.6 Å². The van der Waals surface area contributed by atoms with Gasteiger partial charge in [-0.25, -0.2) is 0 Å². The van der Waals surface area contributed by atoms with Crippen molar-refractivity contribution in [1.29, 1.82) is 0 Å². The highest BCUT2D eigenvalue weighted by Gasteiger charge is 2.60. The van der Waals surface area contributed by atoms with E-state index in [2.05, 4.69) is 31.1 Å². The molecular weight excluding hydrogens is 460 g/mol. The summed E-state index contributed by atoms with van der Waals surface area (Å²) >= 11 is 0. The number of piperidine rings is 1. The summed E-state index contributed by atoms with van der Waals surface area (Å²) in [7, 11) is 2.05. The molecule has 0 bridgehead atoms.